The normalized spacial score (nSPS) is 15.1. The highest BCUT2D eigenvalue weighted by Gasteiger charge is 2.14. The van der Waals surface area contributed by atoms with Gasteiger partial charge in [-0.05, 0) is 38.3 Å². The molecule has 1 fully saturated rings. The molecule has 0 radical (unpaired) electrons. The number of hydrogen-bond donors (Lipinski definition) is 1. The summed E-state index contributed by atoms with van der Waals surface area (Å²) >= 11 is 1.64. The van der Waals surface area contributed by atoms with Gasteiger partial charge in [0.2, 0.25) is 0 Å². The molecule has 166 valence electrons. The zero-order valence-corrected chi connectivity index (χ0v) is 21.4. The van der Waals surface area contributed by atoms with Crippen molar-refractivity contribution in [3.8, 4) is 0 Å². The summed E-state index contributed by atoms with van der Waals surface area (Å²) in [6, 6.07) is 4.24. The molecule has 1 aliphatic heterocycles. The molecule has 3 rings (SSSR count). The lowest BCUT2D eigenvalue weighted by Crippen LogP contribution is -2.38. The number of aromatic nitrogens is 2. The van der Waals surface area contributed by atoms with Gasteiger partial charge in [-0.25, -0.2) is 15.0 Å². The summed E-state index contributed by atoms with van der Waals surface area (Å²) < 4.78 is 5.36. The molecule has 2 aromatic heterocycles. The Labute approximate surface area is 201 Å². The maximum absolute atomic E-state index is 5.36. The minimum Gasteiger partial charge on any atom is -0.375 e. The molecule has 3 heterocycles. The fraction of sp³-hybridized carbons (Fsp3) is 0.571. The fourth-order valence-electron chi connectivity index (χ4n) is 3.28. The lowest BCUT2D eigenvalue weighted by Gasteiger charge is -2.21. The van der Waals surface area contributed by atoms with E-state index in [2.05, 4.69) is 49.5 Å². The monoisotopic (exact) mass is 544 g/mol. The first kappa shape index (κ1) is 24.8. The summed E-state index contributed by atoms with van der Waals surface area (Å²) in [5.41, 5.74) is 2.14. The molecule has 0 spiro atoms. The molecule has 1 N–H and O–H groups in total. The molecule has 1 atom stereocenters. The quantitative estimate of drug-likeness (QED) is 0.307. The smallest absolute Gasteiger partial charge is 0.194 e. The van der Waals surface area contributed by atoms with Crippen molar-refractivity contribution in [1.29, 1.82) is 0 Å². The topological polar surface area (TPSA) is 65.9 Å². The Hall–Kier alpha value is -1.46. The molecule has 0 bridgehead atoms. The SMILES string of the molecule is CCNC(=NCc1ccc(N2CCCC2)nc1)N(C)Cc1csc(C(C)OC)n1.I. The van der Waals surface area contributed by atoms with Crippen LogP contribution in [0.1, 0.15) is 49.1 Å². The predicted octanol–water partition coefficient (Wildman–Crippen LogP) is 4.06. The fourth-order valence-corrected chi connectivity index (χ4v) is 4.12. The second kappa shape index (κ2) is 12.4. The number of nitrogens with one attached hydrogen (secondary N) is 1. The van der Waals surface area contributed by atoms with Crippen LogP contribution in [0.4, 0.5) is 5.82 Å². The highest BCUT2D eigenvalue weighted by Crippen LogP contribution is 2.21. The van der Waals surface area contributed by atoms with E-state index in [-0.39, 0.29) is 30.1 Å². The van der Waals surface area contributed by atoms with Crippen molar-refractivity contribution < 1.29 is 4.74 Å². The number of ether oxygens (including phenoxy) is 1. The second-order valence-electron chi connectivity index (χ2n) is 7.30. The minimum atomic E-state index is 0. The standard InChI is InChI=1S/C21H32N6OS.HI/c1-5-22-21(26(3)14-18-15-29-20(25-18)16(2)28-4)24-13-17-8-9-19(23-12-17)27-10-6-7-11-27;/h8-9,12,15-16H,5-7,10-11,13-14H2,1-4H3,(H,22,24);1H. The van der Waals surface area contributed by atoms with Crippen molar-refractivity contribution in [1.82, 2.24) is 20.2 Å². The van der Waals surface area contributed by atoms with Gasteiger partial charge in [0.1, 0.15) is 16.9 Å². The molecule has 7 nitrogen and oxygen atoms in total. The average Bonchev–Trinajstić information content (AvgIpc) is 3.43. The Morgan fingerprint density at radius 2 is 2.13 bits per heavy atom. The van der Waals surface area contributed by atoms with Gasteiger partial charge in [-0.15, -0.1) is 35.3 Å². The summed E-state index contributed by atoms with van der Waals surface area (Å²) in [6.07, 6.45) is 4.49. The van der Waals surface area contributed by atoms with E-state index in [1.54, 1.807) is 18.4 Å². The lowest BCUT2D eigenvalue weighted by molar-refractivity contribution is 0.119. The van der Waals surface area contributed by atoms with Crippen LogP contribution in [0.15, 0.2) is 28.7 Å². The van der Waals surface area contributed by atoms with Gasteiger partial charge in [0.15, 0.2) is 5.96 Å². The first-order valence-corrected chi connectivity index (χ1v) is 11.1. The van der Waals surface area contributed by atoms with Crippen molar-refractivity contribution >= 4 is 47.1 Å². The van der Waals surface area contributed by atoms with Gasteiger partial charge in [0.25, 0.3) is 0 Å². The van der Waals surface area contributed by atoms with E-state index in [1.807, 2.05) is 20.2 Å². The Kier molecular flexibility index (Phi) is 10.3. The van der Waals surface area contributed by atoms with Crippen molar-refractivity contribution in [2.45, 2.75) is 45.9 Å². The van der Waals surface area contributed by atoms with Gasteiger partial charge in [-0.2, -0.15) is 0 Å². The first-order chi connectivity index (χ1) is 14.1. The third-order valence-electron chi connectivity index (χ3n) is 5.02. The van der Waals surface area contributed by atoms with Gasteiger partial charge in [0, 0.05) is 45.4 Å². The zero-order chi connectivity index (χ0) is 20.6. The number of pyridine rings is 1. The Morgan fingerprint density at radius 3 is 2.77 bits per heavy atom. The minimum absolute atomic E-state index is 0. The van der Waals surface area contributed by atoms with Crippen LogP contribution in [0.2, 0.25) is 0 Å². The molecule has 30 heavy (non-hydrogen) atoms. The van der Waals surface area contributed by atoms with Crippen LogP contribution in [-0.4, -0.2) is 54.6 Å². The zero-order valence-electron chi connectivity index (χ0n) is 18.3. The van der Waals surface area contributed by atoms with Crippen LogP contribution < -0.4 is 10.2 Å². The van der Waals surface area contributed by atoms with Crippen LogP contribution in [0, 0.1) is 0 Å². The molecule has 9 heteroatoms. The van der Waals surface area contributed by atoms with E-state index in [9.17, 15) is 0 Å². The van der Waals surface area contributed by atoms with E-state index in [4.69, 9.17) is 9.73 Å². The maximum atomic E-state index is 5.36. The number of nitrogens with zero attached hydrogens (tertiary/aromatic N) is 5. The highest BCUT2D eigenvalue weighted by molar-refractivity contribution is 14.0. The summed E-state index contributed by atoms with van der Waals surface area (Å²) in [5.74, 6) is 1.94. The molecular formula is C21H33IN6OS. The van der Waals surface area contributed by atoms with Gasteiger partial charge in [0.05, 0.1) is 18.8 Å². The van der Waals surface area contributed by atoms with Crippen molar-refractivity contribution in [3.05, 3.63) is 40.0 Å². The third kappa shape index (κ3) is 6.78. The number of hydrogen-bond acceptors (Lipinski definition) is 6. The van der Waals surface area contributed by atoms with Crippen LogP contribution in [0.3, 0.4) is 0 Å². The summed E-state index contributed by atoms with van der Waals surface area (Å²) in [7, 11) is 3.75. The average molecular weight is 545 g/mol. The van der Waals surface area contributed by atoms with E-state index < -0.39 is 0 Å². The summed E-state index contributed by atoms with van der Waals surface area (Å²) in [4.78, 5) is 18.6. The largest absolute Gasteiger partial charge is 0.375 e. The van der Waals surface area contributed by atoms with E-state index in [0.29, 0.717) is 13.1 Å². The lowest BCUT2D eigenvalue weighted by atomic mass is 10.3. The van der Waals surface area contributed by atoms with Crippen LogP contribution >= 0.6 is 35.3 Å². The second-order valence-corrected chi connectivity index (χ2v) is 8.19. The molecule has 1 saturated heterocycles. The van der Waals surface area contributed by atoms with E-state index in [1.165, 1.54) is 12.8 Å². The number of rotatable bonds is 8. The third-order valence-corrected chi connectivity index (χ3v) is 6.07. The number of aliphatic imine (C=N–C) groups is 1. The number of thiazole rings is 1. The number of halogens is 1. The maximum Gasteiger partial charge on any atom is 0.194 e. The summed E-state index contributed by atoms with van der Waals surface area (Å²) in [5, 5.41) is 6.46. The predicted molar refractivity (Wildman–Crippen MR) is 135 cm³/mol. The van der Waals surface area contributed by atoms with Gasteiger partial charge < -0.3 is 19.9 Å². The molecular weight excluding hydrogens is 511 g/mol. The number of methoxy groups -OCH3 is 1. The van der Waals surface area contributed by atoms with E-state index >= 15 is 0 Å². The van der Waals surface area contributed by atoms with Crippen LogP contribution in [0.5, 0.6) is 0 Å². The molecule has 1 aliphatic rings. The van der Waals surface area contributed by atoms with Crippen LogP contribution in [0.25, 0.3) is 0 Å². The first-order valence-electron chi connectivity index (χ1n) is 10.3. The number of guanidine groups is 1. The van der Waals surface area contributed by atoms with Crippen molar-refractivity contribution in [2.24, 2.45) is 4.99 Å². The number of anilines is 1. The van der Waals surface area contributed by atoms with E-state index in [0.717, 1.165) is 47.7 Å². The molecule has 2 aromatic rings. The Morgan fingerprint density at radius 1 is 1.37 bits per heavy atom. The van der Waals surface area contributed by atoms with Crippen molar-refractivity contribution in [3.63, 3.8) is 0 Å². The Bertz CT molecular complexity index is 791. The molecule has 0 saturated carbocycles. The van der Waals surface area contributed by atoms with Gasteiger partial charge >= 0.3 is 0 Å². The van der Waals surface area contributed by atoms with Crippen molar-refractivity contribution in [2.75, 3.05) is 38.7 Å². The molecule has 0 amide bonds. The Balaban J connectivity index is 0.00000320. The molecule has 1 unspecified atom stereocenters. The van der Waals surface area contributed by atoms with Crippen LogP contribution in [-0.2, 0) is 17.8 Å². The van der Waals surface area contributed by atoms with Gasteiger partial charge in [-0.3, -0.25) is 0 Å². The molecule has 0 aromatic carbocycles. The summed E-state index contributed by atoms with van der Waals surface area (Å²) in [6.45, 7) is 8.44. The highest BCUT2D eigenvalue weighted by atomic mass is 127. The molecule has 0 aliphatic carbocycles. The van der Waals surface area contributed by atoms with Gasteiger partial charge in [-0.1, -0.05) is 6.07 Å².